The number of carbonyl (C=O) groups excluding carboxylic acids is 1. The number of hydrogen-bond acceptors (Lipinski definition) is 12. The smallest absolute Gasteiger partial charge is 0.334 e. The molecule has 1 fully saturated rings. The number of aliphatic hydroxyl groups excluding tert-OH is 4. The summed E-state index contributed by atoms with van der Waals surface area (Å²) in [5, 5.41) is 68.1. The molecule has 1 aromatic carbocycles. The van der Waals surface area contributed by atoms with Crippen molar-refractivity contribution in [3.8, 4) is 11.5 Å². The summed E-state index contributed by atoms with van der Waals surface area (Å²) in [6.45, 7) is 2.83. The lowest BCUT2D eigenvalue weighted by Gasteiger charge is -2.43. The molecular weight excluding hydrogens is 508 g/mol. The molecule has 7 N–H and O–H groups in total. The van der Waals surface area contributed by atoms with Crippen molar-refractivity contribution in [3.05, 3.63) is 54.3 Å². The van der Waals surface area contributed by atoms with Gasteiger partial charge >= 0.3 is 11.9 Å². The van der Waals surface area contributed by atoms with Crippen LogP contribution in [0.4, 0.5) is 0 Å². The van der Waals surface area contributed by atoms with Crippen LogP contribution in [-0.4, -0.2) is 97.9 Å². The number of aliphatic hydroxyl groups is 4. The maximum Gasteiger partial charge on any atom is 0.334 e. The van der Waals surface area contributed by atoms with E-state index in [1.807, 2.05) is 0 Å². The molecule has 2 heterocycles. The first-order valence-electron chi connectivity index (χ1n) is 11.6. The molecule has 1 unspecified atom stereocenters. The molecule has 8 atom stereocenters. The number of rotatable bonds is 10. The molecule has 2 aliphatic heterocycles. The zero-order valence-electron chi connectivity index (χ0n) is 20.1. The van der Waals surface area contributed by atoms with Gasteiger partial charge in [-0.1, -0.05) is 12.1 Å². The quantitative estimate of drug-likeness (QED) is 0.0876. The van der Waals surface area contributed by atoms with Crippen molar-refractivity contribution in [1.82, 2.24) is 0 Å². The molecule has 1 aromatic rings. The number of ether oxygens (including phenoxy) is 4. The Morgan fingerprint density at radius 3 is 2.42 bits per heavy atom. The van der Waals surface area contributed by atoms with Crippen molar-refractivity contribution in [2.75, 3.05) is 13.2 Å². The Hall–Kier alpha value is -3.46. The van der Waals surface area contributed by atoms with Crippen LogP contribution in [0, 0.1) is 11.8 Å². The van der Waals surface area contributed by atoms with E-state index >= 15 is 0 Å². The molecule has 38 heavy (non-hydrogen) atoms. The summed E-state index contributed by atoms with van der Waals surface area (Å²) in [5.41, 5.74) is 0.285. The maximum absolute atomic E-state index is 12.1. The molecule has 0 aromatic heterocycles. The minimum Gasteiger partial charge on any atom is -0.504 e. The van der Waals surface area contributed by atoms with Crippen molar-refractivity contribution in [1.29, 1.82) is 0 Å². The number of aromatic hydroxyl groups is 2. The number of aliphatic carboxylic acids is 1. The van der Waals surface area contributed by atoms with Crippen molar-refractivity contribution >= 4 is 18.0 Å². The highest BCUT2D eigenvalue weighted by atomic mass is 16.8. The Labute approximate surface area is 217 Å². The fourth-order valence-electron chi connectivity index (χ4n) is 4.13. The van der Waals surface area contributed by atoms with Gasteiger partial charge in [0.25, 0.3) is 0 Å². The van der Waals surface area contributed by atoms with Crippen LogP contribution in [0.15, 0.2) is 48.8 Å². The highest BCUT2D eigenvalue weighted by Gasteiger charge is 2.47. The zero-order chi connectivity index (χ0) is 28.0. The topological polar surface area (TPSA) is 213 Å². The van der Waals surface area contributed by atoms with Crippen LogP contribution >= 0.6 is 0 Å². The monoisotopic (exact) mass is 538 g/mol. The number of carbonyl (C=O) groups is 2. The second-order valence-electron chi connectivity index (χ2n) is 8.67. The van der Waals surface area contributed by atoms with Gasteiger partial charge in [-0.15, -0.1) is 6.58 Å². The third kappa shape index (κ3) is 6.69. The standard InChI is InChI=1S/C25H30O13/c1-2-13-14(7-8-35-19(29)6-4-12-3-5-16(27)17(28)9-12)15(23(33)34)11-36-24(13)38-25-22(32)21(31)20(30)18(10-26)37-25/h2-6,9,11,13-14,18,20-22,24-28,30-32H,1,7-8,10H2,(H,33,34)/b6-4+/t13?,14-,18+,20+,21-,22+,24-,25-/m0/s1. The SMILES string of the molecule is C=CC1[C@H](O[C@@H]2O[C@H](CO)[C@@H](O)[C@H](O)[C@H]2O)OC=C(C(=O)O)[C@H]1CCOC(=O)/C=C/c1ccc(O)c(O)c1. The van der Waals surface area contributed by atoms with E-state index in [0.717, 1.165) is 12.3 Å². The Balaban J connectivity index is 1.65. The van der Waals surface area contributed by atoms with Crippen LogP contribution in [0.5, 0.6) is 11.5 Å². The number of carboxylic acids is 1. The van der Waals surface area contributed by atoms with Crippen molar-refractivity contribution < 1.29 is 64.3 Å². The van der Waals surface area contributed by atoms with E-state index in [9.17, 15) is 45.3 Å². The summed E-state index contributed by atoms with van der Waals surface area (Å²) >= 11 is 0. The lowest BCUT2D eigenvalue weighted by molar-refractivity contribution is -0.339. The Bertz CT molecular complexity index is 1070. The molecule has 2 aliphatic rings. The van der Waals surface area contributed by atoms with Crippen LogP contribution in [0.1, 0.15) is 12.0 Å². The molecule has 0 amide bonds. The number of esters is 1. The normalized spacial score (nSPS) is 31.3. The second kappa shape index (κ2) is 12.9. The van der Waals surface area contributed by atoms with E-state index in [1.165, 1.54) is 30.4 Å². The predicted octanol–water partition coefficient (Wildman–Crippen LogP) is -0.396. The first-order chi connectivity index (χ1) is 18.1. The fraction of sp³-hybridized carbons (Fsp3) is 0.440. The van der Waals surface area contributed by atoms with Gasteiger partial charge in [0.2, 0.25) is 6.29 Å². The van der Waals surface area contributed by atoms with E-state index in [2.05, 4.69) is 6.58 Å². The van der Waals surface area contributed by atoms with E-state index in [0.29, 0.717) is 5.56 Å². The summed E-state index contributed by atoms with van der Waals surface area (Å²) in [6, 6.07) is 3.97. The second-order valence-corrected chi connectivity index (χ2v) is 8.67. The number of carboxylic acid groups (broad SMARTS) is 1. The fourth-order valence-corrected chi connectivity index (χ4v) is 4.13. The van der Waals surface area contributed by atoms with E-state index in [-0.39, 0.29) is 30.1 Å². The average molecular weight is 539 g/mol. The number of hydrogen-bond donors (Lipinski definition) is 7. The van der Waals surface area contributed by atoms with E-state index in [4.69, 9.17) is 18.9 Å². The summed E-state index contributed by atoms with van der Waals surface area (Å²) in [4.78, 5) is 23.9. The Kier molecular flexibility index (Phi) is 9.85. The number of phenolic OH excluding ortho intramolecular Hbond substituents is 2. The molecule has 13 nitrogen and oxygen atoms in total. The molecule has 0 saturated carbocycles. The Morgan fingerprint density at radius 2 is 1.79 bits per heavy atom. The van der Waals surface area contributed by atoms with Gasteiger partial charge in [-0.25, -0.2) is 9.59 Å². The van der Waals surface area contributed by atoms with E-state index < -0.39 is 67.4 Å². The zero-order valence-corrected chi connectivity index (χ0v) is 20.1. The molecule has 0 spiro atoms. The Morgan fingerprint density at radius 1 is 1.05 bits per heavy atom. The minimum absolute atomic E-state index is 0.0201. The highest BCUT2D eigenvalue weighted by Crippen LogP contribution is 2.36. The van der Waals surface area contributed by atoms with Gasteiger partial charge in [-0.2, -0.15) is 0 Å². The third-order valence-electron chi connectivity index (χ3n) is 6.23. The van der Waals surface area contributed by atoms with E-state index in [1.54, 1.807) is 0 Å². The lowest BCUT2D eigenvalue weighted by atomic mass is 9.82. The number of phenols is 2. The van der Waals surface area contributed by atoms with Crippen molar-refractivity contribution in [3.63, 3.8) is 0 Å². The number of benzene rings is 1. The molecule has 13 heteroatoms. The van der Waals surface area contributed by atoms with Gasteiger partial charge in [0.05, 0.1) is 25.0 Å². The van der Waals surface area contributed by atoms with Gasteiger partial charge in [0.15, 0.2) is 17.8 Å². The van der Waals surface area contributed by atoms with Crippen LogP contribution in [0.2, 0.25) is 0 Å². The van der Waals surface area contributed by atoms with Gasteiger partial charge in [0.1, 0.15) is 24.4 Å². The lowest BCUT2D eigenvalue weighted by Crippen LogP contribution is -2.60. The molecule has 208 valence electrons. The van der Waals surface area contributed by atoms with Crippen molar-refractivity contribution in [2.45, 2.75) is 43.4 Å². The summed E-state index contributed by atoms with van der Waals surface area (Å²) in [5.74, 6) is -4.33. The third-order valence-corrected chi connectivity index (χ3v) is 6.23. The molecular formula is C25H30O13. The highest BCUT2D eigenvalue weighted by molar-refractivity contribution is 5.88. The summed E-state index contributed by atoms with van der Waals surface area (Å²) in [6.07, 6.45) is -4.16. The van der Waals surface area contributed by atoms with Crippen LogP contribution < -0.4 is 0 Å². The van der Waals surface area contributed by atoms with Crippen molar-refractivity contribution in [2.24, 2.45) is 11.8 Å². The average Bonchev–Trinajstić information content (AvgIpc) is 2.89. The van der Waals surface area contributed by atoms with Gasteiger partial charge < -0.3 is 54.7 Å². The summed E-state index contributed by atoms with van der Waals surface area (Å²) in [7, 11) is 0. The van der Waals surface area contributed by atoms with Gasteiger partial charge in [-0.05, 0) is 30.2 Å². The van der Waals surface area contributed by atoms with Crippen LogP contribution in [0.25, 0.3) is 6.08 Å². The van der Waals surface area contributed by atoms with Crippen LogP contribution in [-0.2, 0) is 28.5 Å². The molecule has 0 radical (unpaired) electrons. The van der Waals surface area contributed by atoms with Gasteiger partial charge in [0, 0.05) is 17.9 Å². The first kappa shape index (κ1) is 29.1. The van der Waals surface area contributed by atoms with Gasteiger partial charge in [-0.3, -0.25) is 0 Å². The maximum atomic E-state index is 12.1. The molecule has 0 bridgehead atoms. The predicted molar refractivity (Wildman–Crippen MR) is 127 cm³/mol. The largest absolute Gasteiger partial charge is 0.504 e. The molecule has 1 saturated heterocycles. The molecule has 3 rings (SSSR count). The summed E-state index contributed by atoms with van der Waals surface area (Å²) < 4.78 is 21.6. The van der Waals surface area contributed by atoms with Crippen LogP contribution in [0.3, 0.4) is 0 Å². The first-order valence-corrected chi connectivity index (χ1v) is 11.6. The minimum atomic E-state index is -1.70. The molecule has 0 aliphatic carbocycles.